The molecule has 12 rings (SSSR count). The van der Waals surface area contributed by atoms with Crippen LogP contribution in [0.5, 0.6) is 0 Å². The molecule has 0 atom stereocenters. The zero-order chi connectivity index (χ0) is 39.2. The maximum atomic E-state index is 2.43. The van der Waals surface area contributed by atoms with Crippen molar-refractivity contribution in [2.45, 2.75) is 19.3 Å². The van der Waals surface area contributed by atoms with E-state index in [1.165, 1.54) is 99.2 Å². The van der Waals surface area contributed by atoms with Crippen LogP contribution in [0, 0.1) is 0 Å². The lowest BCUT2D eigenvalue weighted by Crippen LogP contribution is -2.14. The van der Waals surface area contributed by atoms with Gasteiger partial charge in [0.1, 0.15) is 0 Å². The van der Waals surface area contributed by atoms with Gasteiger partial charge in [-0.2, -0.15) is 0 Å². The van der Waals surface area contributed by atoms with Gasteiger partial charge < -0.3 is 9.13 Å². The van der Waals surface area contributed by atoms with Crippen LogP contribution in [-0.2, 0) is 5.41 Å². The van der Waals surface area contributed by atoms with E-state index in [2.05, 4.69) is 229 Å². The van der Waals surface area contributed by atoms with Crippen LogP contribution >= 0.6 is 0 Å². The Morgan fingerprint density at radius 3 is 1.12 bits per heavy atom. The van der Waals surface area contributed by atoms with Gasteiger partial charge in [0.05, 0.1) is 22.1 Å². The maximum Gasteiger partial charge on any atom is 0.0541 e. The second-order valence-electron chi connectivity index (χ2n) is 16.6. The van der Waals surface area contributed by atoms with Crippen LogP contribution in [0.4, 0.5) is 0 Å². The number of nitrogens with zero attached hydrogens (tertiary/aromatic N) is 2. The van der Waals surface area contributed by atoms with Gasteiger partial charge in [0.15, 0.2) is 0 Å². The first kappa shape index (κ1) is 33.7. The molecule has 0 radical (unpaired) electrons. The van der Waals surface area contributed by atoms with Crippen LogP contribution in [0.25, 0.3) is 99.5 Å². The van der Waals surface area contributed by atoms with Crippen LogP contribution in [0.2, 0.25) is 0 Å². The van der Waals surface area contributed by atoms with Gasteiger partial charge in [-0.3, -0.25) is 0 Å². The molecule has 0 fully saturated rings. The molecule has 278 valence electrons. The lowest BCUT2D eigenvalue weighted by molar-refractivity contribution is 0.660. The average Bonchev–Trinajstić information content (AvgIpc) is 3.88. The van der Waals surface area contributed by atoms with Gasteiger partial charge in [-0.15, -0.1) is 0 Å². The highest BCUT2D eigenvalue weighted by Crippen LogP contribution is 2.50. The first-order chi connectivity index (χ1) is 29.0. The van der Waals surface area contributed by atoms with Crippen molar-refractivity contribution in [3.05, 3.63) is 217 Å². The molecular weight excluding hydrogens is 713 g/mol. The second-order valence-corrected chi connectivity index (χ2v) is 16.6. The maximum absolute atomic E-state index is 2.43. The van der Waals surface area contributed by atoms with Crippen molar-refractivity contribution in [1.82, 2.24) is 9.13 Å². The fraction of sp³-hybridized carbons (Fsp3) is 0.0526. The monoisotopic (exact) mass is 752 g/mol. The average molecular weight is 753 g/mol. The molecule has 0 amide bonds. The van der Waals surface area contributed by atoms with E-state index in [-0.39, 0.29) is 5.41 Å². The molecule has 9 aromatic carbocycles. The standard InChI is InChI=1S/C57H40N2/c1-57(2)51-21-13-12-20-45(51)46-27-22-42(36-52(46)57)41-26-31-56-50(35-41)49-34-40(25-30-55(49)59(56)44-18-10-5-11-19-44)39-24-29-54-48(33-39)47-32-38(37-14-6-3-7-15-37)23-28-53(47)58(54)43-16-8-4-9-17-43/h3-36H,1-2H3. The van der Waals surface area contributed by atoms with Crippen molar-refractivity contribution in [2.24, 2.45) is 0 Å². The first-order valence-electron chi connectivity index (χ1n) is 20.6. The highest BCUT2D eigenvalue weighted by Gasteiger charge is 2.35. The van der Waals surface area contributed by atoms with Crippen molar-refractivity contribution in [1.29, 1.82) is 0 Å². The molecule has 11 aromatic rings. The zero-order valence-corrected chi connectivity index (χ0v) is 33.0. The Hall–Kier alpha value is -7.42. The number of aromatic nitrogens is 2. The van der Waals surface area contributed by atoms with E-state index in [0.29, 0.717) is 0 Å². The molecule has 0 aliphatic heterocycles. The molecule has 2 heteroatoms. The van der Waals surface area contributed by atoms with E-state index >= 15 is 0 Å². The summed E-state index contributed by atoms with van der Waals surface area (Å²) in [7, 11) is 0. The highest BCUT2D eigenvalue weighted by atomic mass is 15.0. The van der Waals surface area contributed by atoms with Gasteiger partial charge in [0, 0.05) is 38.3 Å². The van der Waals surface area contributed by atoms with Gasteiger partial charge in [-0.1, -0.05) is 141 Å². The van der Waals surface area contributed by atoms with Gasteiger partial charge >= 0.3 is 0 Å². The largest absolute Gasteiger partial charge is 0.309 e. The van der Waals surface area contributed by atoms with E-state index in [4.69, 9.17) is 0 Å². The molecule has 59 heavy (non-hydrogen) atoms. The summed E-state index contributed by atoms with van der Waals surface area (Å²) in [6.07, 6.45) is 0. The van der Waals surface area contributed by atoms with Gasteiger partial charge in [-0.05, 0) is 134 Å². The van der Waals surface area contributed by atoms with Crippen LogP contribution in [0.1, 0.15) is 25.0 Å². The number of hydrogen-bond acceptors (Lipinski definition) is 0. The molecule has 2 heterocycles. The number of rotatable bonds is 5. The molecule has 2 nitrogen and oxygen atoms in total. The molecule has 0 saturated heterocycles. The van der Waals surface area contributed by atoms with Gasteiger partial charge in [-0.25, -0.2) is 0 Å². The summed E-state index contributed by atoms with van der Waals surface area (Å²) in [5.74, 6) is 0. The molecule has 0 bridgehead atoms. The summed E-state index contributed by atoms with van der Waals surface area (Å²) in [5.41, 5.74) is 19.9. The van der Waals surface area contributed by atoms with Crippen LogP contribution < -0.4 is 0 Å². The van der Waals surface area contributed by atoms with E-state index in [1.54, 1.807) is 0 Å². The predicted molar refractivity (Wildman–Crippen MR) is 249 cm³/mol. The Labute approximate surface area is 343 Å². The van der Waals surface area contributed by atoms with E-state index in [1.807, 2.05) is 0 Å². The Bertz CT molecular complexity index is 3440. The van der Waals surface area contributed by atoms with E-state index in [0.717, 1.165) is 11.4 Å². The van der Waals surface area contributed by atoms with Gasteiger partial charge in [0.2, 0.25) is 0 Å². The van der Waals surface area contributed by atoms with Crippen LogP contribution in [-0.4, -0.2) is 9.13 Å². The van der Waals surface area contributed by atoms with Gasteiger partial charge in [0.25, 0.3) is 0 Å². The predicted octanol–water partition coefficient (Wildman–Crippen LogP) is 15.2. The summed E-state index contributed by atoms with van der Waals surface area (Å²) in [5, 5.41) is 4.99. The fourth-order valence-corrected chi connectivity index (χ4v) is 9.99. The lowest BCUT2D eigenvalue weighted by atomic mass is 9.81. The van der Waals surface area contributed by atoms with E-state index < -0.39 is 0 Å². The summed E-state index contributed by atoms with van der Waals surface area (Å²) < 4.78 is 4.82. The minimum absolute atomic E-state index is 0.0537. The van der Waals surface area contributed by atoms with Crippen molar-refractivity contribution >= 4 is 43.6 Å². The number of hydrogen-bond donors (Lipinski definition) is 0. The number of para-hydroxylation sites is 2. The lowest BCUT2D eigenvalue weighted by Gasteiger charge is -2.22. The Morgan fingerprint density at radius 2 is 0.644 bits per heavy atom. The topological polar surface area (TPSA) is 9.86 Å². The summed E-state index contributed by atoms with van der Waals surface area (Å²) >= 11 is 0. The summed E-state index contributed by atoms with van der Waals surface area (Å²) in [4.78, 5) is 0. The second kappa shape index (κ2) is 12.8. The highest BCUT2D eigenvalue weighted by molar-refractivity contribution is 6.14. The zero-order valence-electron chi connectivity index (χ0n) is 33.0. The molecular formula is C57H40N2. The number of fused-ring (bicyclic) bond motifs is 9. The molecule has 1 aliphatic carbocycles. The smallest absolute Gasteiger partial charge is 0.0541 e. The van der Waals surface area contributed by atoms with Crippen molar-refractivity contribution in [3.63, 3.8) is 0 Å². The first-order valence-corrected chi connectivity index (χ1v) is 20.6. The number of benzene rings is 9. The third kappa shape index (κ3) is 5.13. The molecule has 0 saturated carbocycles. The Morgan fingerprint density at radius 1 is 0.288 bits per heavy atom. The molecule has 2 aromatic heterocycles. The normalized spacial score (nSPS) is 13.1. The molecule has 0 unspecified atom stereocenters. The molecule has 0 spiro atoms. The summed E-state index contributed by atoms with van der Waals surface area (Å²) in [6.45, 7) is 4.72. The Balaban J connectivity index is 1.05. The van der Waals surface area contributed by atoms with Crippen LogP contribution in [0.3, 0.4) is 0 Å². The molecule has 0 N–H and O–H groups in total. The van der Waals surface area contributed by atoms with Crippen molar-refractivity contribution in [2.75, 3.05) is 0 Å². The third-order valence-electron chi connectivity index (χ3n) is 12.9. The fourth-order valence-electron chi connectivity index (χ4n) is 9.99. The minimum Gasteiger partial charge on any atom is -0.309 e. The summed E-state index contributed by atoms with van der Waals surface area (Å²) in [6, 6.07) is 76.1. The Kier molecular flexibility index (Phi) is 7.31. The SMILES string of the molecule is CC1(C)c2ccccc2-c2ccc(-c3ccc4c(c3)c3cc(-c5ccc6c(c5)c5cc(-c7ccccc7)ccc5n6-c5ccccc5)ccc3n4-c3ccccc3)cc21. The van der Waals surface area contributed by atoms with Crippen molar-refractivity contribution in [3.8, 4) is 55.9 Å². The minimum atomic E-state index is -0.0537. The van der Waals surface area contributed by atoms with Crippen LogP contribution in [0.15, 0.2) is 206 Å². The third-order valence-corrected chi connectivity index (χ3v) is 12.9. The quantitative estimate of drug-likeness (QED) is 0.166. The van der Waals surface area contributed by atoms with Crippen molar-refractivity contribution < 1.29 is 0 Å². The van der Waals surface area contributed by atoms with E-state index in [9.17, 15) is 0 Å². The molecule has 1 aliphatic rings.